The lowest BCUT2D eigenvalue weighted by Crippen LogP contribution is -2.46. The van der Waals surface area contributed by atoms with Crippen molar-refractivity contribution < 1.29 is 18.8 Å². The first-order chi connectivity index (χ1) is 11.4. The van der Waals surface area contributed by atoms with Gasteiger partial charge in [-0.15, -0.1) is 0 Å². The van der Waals surface area contributed by atoms with Crippen molar-refractivity contribution in [2.45, 2.75) is 25.8 Å². The second-order valence-corrected chi connectivity index (χ2v) is 6.40. The first-order valence-electron chi connectivity index (χ1n) is 7.68. The van der Waals surface area contributed by atoms with Crippen molar-refractivity contribution in [3.63, 3.8) is 0 Å². The van der Waals surface area contributed by atoms with Crippen LogP contribution < -0.4 is 5.32 Å². The molecule has 2 aliphatic rings. The van der Waals surface area contributed by atoms with Gasteiger partial charge in [0, 0.05) is 5.69 Å². The standard InChI is InChI=1S/C17H16ClFN2O3/c1-9(15(22)20-10-6-7-14(19)13(18)8-10)21-16(23)11-4-2-3-5-12(11)17(21)24/h2-3,6-9,11-12H,4-5H2,1H3,(H,20,22)/t9-,11-,12-/m0/s1. The second kappa shape index (κ2) is 6.36. The van der Waals surface area contributed by atoms with Crippen LogP contribution in [0.25, 0.3) is 0 Å². The topological polar surface area (TPSA) is 66.5 Å². The van der Waals surface area contributed by atoms with Crippen LogP contribution in [0.5, 0.6) is 0 Å². The third-order valence-corrected chi connectivity index (χ3v) is 4.79. The van der Waals surface area contributed by atoms with Gasteiger partial charge in [0.15, 0.2) is 0 Å². The Labute approximate surface area is 143 Å². The number of nitrogens with zero attached hydrogens (tertiary/aromatic N) is 1. The Morgan fingerprint density at radius 1 is 1.25 bits per heavy atom. The summed E-state index contributed by atoms with van der Waals surface area (Å²) < 4.78 is 13.2. The molecule has 5 nitrogen and oxygen atoms in total. The smallest absolute Gasteiger partial charge is 0.247 e. The van der Waals surface area contributed by atoms with Crippen molar-refractivity contribution in [2.75, 3.05) is 5.32 Å². The number of nitrogens with one attached hydrogen (secondary N) is 1. The molecule has 0 aromatic heterocycles. The Bertz CT molecular complexity index is 723. The zero-order valence-electron chi connectivity index (χ0n) is 13.0. The van der Waals surface area contributed by atoms with Crippen molar-refractivity contribution >= 4 is 35.0 Å². The Kier molecular flexibility index (Phi) is 4.41. The number of carbonyl (C=O) groups excluding carboxylic acids is 3. The van der Waals surface area contributed by atoms with Crippen LogP contribution in [0.1, 0.15) is 19.8 Å². The normalized spacial score (nSPS) is 24.0. The number of hydrogen-bond donors (Lipinski definition) is 1. The number of amides is 3. The molecule has 1 aliphatic heterocycles. The maximum atomic E-state index is 13.2. The number of carbonyl (C=O) groups is 3. The number of halogens is 2. The zero-order chi connectivity index (χ0) is 17.4. The predicted octanol–water partition coefficient (Wildman–Crippen LogP) is 2.76. The van der Waals surface area contributed by atoms with Crippen LogP contribution in [0.15, 0.2) is 30.4 Å². The second-order valence-electron chi connectivity index (χ2n) is 6.00. The summed E-state index contributed by atoms with van der Waals surface area (Å²) in [6, 6.07) is 2.83. The quantitative estimate of drug-likeness (QED) is 0.673. The van der Waals surface area contributed by atoms with Gasteiger partial charge in [0.25, 0.3) is 0 Å². The fraction of sp³-hybridized carbons (Fsp3) is 0.353. The molecule has 7 heteroatoms. The van der Waals surface area contributed by atoms with Gasteiger partial charge in [-0.1, -0.05) is 23.8 Å². The lowest BCUT2D eigenvalue weighted by molar-refractivity contribution is -0.146. The van der Waals surface area contributed by atoms with Gasteiger partial charge in [-0.3, -0.25) is 19.3 Å². The van der Waals surface area contributed by atoms with Crippen LogP contribution >= 0.6 is 11.6 Å². The highest BCUT2D eigenvalue weighted by Gasteiger charge is 2.50. The fourth-order valence-corrected chi connectivity index (χ4v) is 3.33. The summed E-state index contributed by atoms with van der Waals surface area (Å²) in [4.78, 5) is 38.4. The fourth-order valence-electron chi connectivity index (χ4n) is 3.15. The molecule has 1 aromatic rings. The maximum Gasteiger partial charge on any atom is 0.247 e. The van der Waals surface area contributed by atoms with Gasteiger partial charge >= 0.3 is 0 Å². The average molecular weight is 351 g/mol. The van der Waals surface area contributed by atoms with E-state index in [0.29, 0.717) is 18.5 Å². The summed E-state index contributed by atoms with van der Waals surface area (Å²) in [5.74, 6) is -2.49. The van der Waals surface area contributed by atoms with E-state index in [1.54, 1.807) is 0 Å². The molecule has 3 amide bonds. The van der Waals surface area contributed by atoms with Gasteiger partial charge in [0.2, 0.25) is 17.7 Å². The minimum Gasteiger partial charge on any atom is -0.324 e. The highest BCUT2D eigenvalue weighted by Crippen LogP contribution is 2.36. The van der Waals surface area contributed by atoms with Crippen molar-refractivity contribution in [1.82, 2.24) is 4.90 Å². The van der Waals surface area contributed by atoms with E-state index in [9.17, 15) is 18.8 Å². The number of fused-ring (bicyclic) bond motifs is 1. The SMILES string of the molecule is C[C@@H](C(=O)Nc1ccc(F)c(Cl)c1)N1C(=O)[C@H]2CC=CC[C@@H]2C1=O. The molecule has 0 saturated carbocycles. The molecule has 3 rings (SSSR count). The highest BCUT2D eigenvalue weighted by molar-refractivity contribution is 6.31. The molecule has 3 atom stereocenters. The summed E-state index contributed by atoms with van der Waals surface area (Å²) in [5, 5.41) is 2.44. The van der Waals surface area contributed by atoms with Crippen molar-refractivity contribution in [2.24, 2.45) is 11.8 Å². The summed E-state index contributed by atoms with van der Waals surface area (Å²) in [6.45, 7) is 1.50. The largest absolute Gasteiger partial charge is 0.324 e. The van der Waals surface area contributed by atoms with Gasteiger partial charge in [-0.05, 0) is 38.0 Å². The minimum absolute atomic E-state index is 0.120. The van der Waals surface area contributed by atoms with Crippen molar-refractivity contribution in [3.8, 4) is 0 Å². The third kappa shape index (κ3) is 2.82. The van der Waals surface area contributed by atoms with Gasteiger partial charge in [0.1, 0.15) is 11.9 Å². The molecular formula is C17H16ClFN2O3. The molecule has 0 radical (unpaired) electrons. The summed E-state index contributed by atoms with van der Waals surface area (Å²) in [6.07, 6.45) is 4.82. The molecule has 1 N–H and O–H groups in total. The van der Waals surface area contributed by atoms with E-state index in [2.05, 4.69) is 5.32 Å². The first kappa shape index (κ1) is 16.6. The van der Waals surface area contributed by atoms with Gasteiger partial charge in [0.05, 0.1) is 16.9 Å². The minimum atomic E-state index is -0.945. The highest BCUT2D eigenvalue weighted by atomic mass is 35.5. The molecule has 1 fully saturated rings. The molecule has 126 valence electrons. The first-order valence-corrected chi connectivity index (χ1v) is 8.05. The third-order valence-electron chi connectivity index (χ3n) is 4.50. The molecule has 24 heavy (non-hydrogen) atoms. The van der Waals surface area contributed by atoms with E-state index in [4.69, 9.17) is 11.6 Å². The van der Waals surface area contributed by atoms with E-state index >= 15 is 0 Å². The number of hydrogen-bond acceptors (Lipinski definition) is 3. The predicted molar refractivity (Wildman–Crippen MR) is 86.7 cm³/mol. The van der Waals surface area contributed by atoms with Crippen LogP contribution in [0.4, 0.5) is 10.1 Å². The number of likely N-dealkylation sites (tertiary alicyclic amines) is 1. The average Bonchev–Trinajstić information content (AvgIpc) is 2.82. The van der Waals surface area contributed by atoms with E-state index in [-0.39, 0.29) is 28.7 Å². The molecule has 1 heterocycles. The maximum absolute atomic E-state index is 13.2. The Balaban J connectivity index is 1.74. The number of rotatable bonds is 3. The van der Waals surface area contributed by atoms with Crippen LogP contribution in [0.2, 0.25) is 5.02 Å². The molecule has 0 bridgehead atoms. The van der Waals surface area contributed by atoms with Gasteiger partial charge in [-0.2, -0.15) is 0 Å². The van der Waals surface area contributed by atoms with Crippen LogP contribution in [-0.2, 0) is 14.4 Å². The molecule has 0 unspecified atom stereocenters. The Morgan fingerprint density at radius 3 is 2.38 bits per heavy atom. The zero-order valence-corrected chi connectivity index (χ0v) is 13.7. The van der Waals surface area contributed by atoms with E-state index in [1.807, 2.05) is 12.2 Å². The summed E-state index contributed by atoms with van der Waals surface area (Å²) in [5.41, 5.74) is 0.302. The molecule has 1 aromatic carbocycles. The molecule has 0 spiro atoms. The summed E-state index contributed by atoms with van der Waals surface area (Å²) in [7, 11) is 0. The monoisotopic (exact) mass is 350 g/mol. The number of imide groups is 1. The molecular weight excluding hydrogens is 335 g/mol. The lowest BCUT2D eigenvalue weighted by Gasteiger charge is -2.22. The Morgan fingerprint density at radius 2 is 1.83 bits per heavy atom. The Hall–Kier alpha value is -2.21. The van der Waals surface area contributed by atoms with Crippen LogP contribution in [-0.4, -0.2) is 28.7 Å². The van der Waals surface area contributed by atoms with Crippen molar-refractivity contribution in [3.05, 3.63) is 41.2 Å². The van der Waals surface area contributed by atoms with E-state index < -0.39 is 17.8 Å². The van der Waals surface area contributed by atoms with Crippen LogP contribution in [0, 0.1) is 17.7 Å². The molecule has 1 saturated heterocycles. The number of benzene rings is 1. The van der Waals surface area contributed by atoms with Crippen LogP contribution in [0.3, 0.4) is 0 Å². The molecule has 1 aliphatic carbocycles. The van der Waals surface area contributed by atoms with Gasteiger partial charge in [-0.25, -0.2) is 4.39 Å². The van der Waals surface area contributed by atoms with Gasteiger partial charge < -0.3 is 5.32 Å². The van der Waals surface area contributed by atoms with Crippen molar-refractivity contribution in [1.29, 1.82) is 0 Å². The summed E-state index contributed by atoms with van der Waals surface area (Å²) >= 11 is 5.68. The number of allylic oxidation sites excluding steroid dienone is 2. The lowest BCUT2D eigenvalue weighted by atomic mass is 9.85. The number of anilines is 1. The van der Waals surface area contributed by atoms with E-state index in [1.165, 1.54) is 19.1 Å². The van der Waals surface area contributed by atoms with E-state index in [0.717, 1.165) is 11.0 Å².